The van der Waals surface area contributed by atoms with Crippen LogP contribution in [0.1, 0.15) is 37.5 Å². The third-order valence-corrected chi connectivity index (χ3v) is 5.32. The van der Waals surface area contributed by atoms with Gasteiger partial charge in [-0.2, -0.15) is 0 Å². The standard InChI is InChI=1S/C24H26N2/c1-15-7-6-8-16(2)23(15)26-21-13-17(24(3,4)5)9-11-19(21)20-12-10-18(25)14-22(20)26/h6-14H,25H2,1-5H3. The molecule has 3 aromatic carbocycles. The van der Waals surface area contributed by atoms with Gasteiger partial charge in [-0.25, -0.2) is 0 Å². The van der Waals surface area contributed by atoms with Gasteiger partial charge in [0.15, 0.2) is 0 Å². The Kier molecular flexibility index (Phi) is 3.62. The van der Waals surface area contributed by atoms with Crippen LogP contribution in [0.2, 0.25) is 0 Å². The number of fused-ring (bicyclic) bond motifs is 3. The first kappa shape index (κ1) is 16.7. The number of nitrogens with zero attached hydrogens (tertiary/aromatic N) is 1. The predicted molar refractivity (Wildman–Crippen MR) is 113 cm³/mol. The molecule has 4 rings (SSSR count). The summed E-state index contributed by atoms with van der Waals surface area (Å²) in [5.41, 5.74) is 14.6. The van der Waals surface area contributed by atoms with Crippen molar-refractivity contribution in [3.05, 3.63) is 71.3 Å². The molecule has 2 nitrogen and oxygen atoms in total. The summed E-state index contributed by atoms with van der Waals surface area (Å²) in [5.74, 6) is 0. The van der Waals surface area contributed by atoms with Crippen LogP contribution in [0.5, 0.6) is 0 Å². The molecule has 0 fully saturated rings. The van der Waals surface area contributed by atoms with Crippen LogP contribution in [0.4, 0.5) is 5.69 Å². The summed E-state index contributed by atoms with van der Waals surface area (Å²) in [7, 11) is 0. The second kappa shape index (κ2) is 5.63. The second-order valence-electron chi connectivity index (χ2n) is 8.33. The Bertz CT molecular complexity index is 1120. The van der Waals surface area contributed by atoms with Gasteiger partial charge in [0.05, 0.1) is 16.7 Å². The van der Waals surface area contributed by atoms with Crippen LogP contribution in [-0.2, 0) is 5.41 Å². The average Bonchev–Trinajstić information content (AvgIpc) is 2.87. The van der Waals surface area contributed by atoms with E-state index in [9.17, 15) is 0 Å². The van der Waals surface area contributed by atoms with Crippen molar-refractivity contribution in [2.24, 2.45) is 0 Å². The molecule has 0 aliphatic carbocycles. The SMILES string of the molecule is Cc1cccc(C)c1-n1c2cc(N)ccc2c2ccc(C(C)(C)C)cc21. The number of benzene rings is 3. The zero-order chi connectivity index (χ0) is 18.6. The van der Waals surface area contributed by atoms with Gasteiger partial charge < -0.3 is 10.3 Å². The summed E-state index contributed by atoms with van der Waals surface area (Å²) >= 11 is 0. The molecule has 0 aliphatic rings. The normalized spacial score (nSPS) is 12.2. The van der Waals surface area contributed by atoms with Crippen LogP contribution in [0.25, 0.3) is 27.5 Å². The van der Waals surface area contributed by atoms with Gasteiger partial charge in [0, 0.05) is 16.5 Å². The average molecular weight is 342 g/mol. The summed E-state index contributed by atoms with van der Waals surface area (Å²) in [6.45, 7) is 11.1. The molecule has 2 N–H and O–H groups in total. The zero-order valence-corrected chi connectivity index (χ0v) is 16.2. The first-order valence-corrected chi connectivity index (χ1v) is 9.18. The molecule has 2 heteroatoms. The molecule has 0 spiro atoms. The highest BCUT2D eigenvalue weighted by molar-refractivity contribution is 6.10. The molecular formula is C24H26N2. The van der Waals surface area contributed by atoms with Crippen molar-refractivity contribution in [1.82, 2.24) is 4.57 Å². The molecule has 0 radical (unpaired) electrons. The van der Waals surface area contributed by atoms with Gasteiger partial charge in [0.1, 0.15) is 0 Å². The third kappa shape index (κ3) is 2.48. The molecule has 0 saturated carbocycles. The number of aromatic nitrogens is 1. The number of nitrogens with two attached hydrogens (primary N) is 1. The monoisotopic (exact) mass is 342 g/mol. The minimum absolute atomic E-state index is 0.106. The van der Waals surface area contributed by atoms with Gasteiger partial charge in [-0.1, -0.05) is 57.2 Å². The number of hydrogen-bond acceptors (Lipinski definition) is 1. The van der Waals surface area contributed by atoms with E-state index in [-0.39, 0.29) is 5.41 Å². The number of hydrogen-bond donors (Lipinski definition) is 1. The summed E-state index contributed by atoms with van der Waals surface area (Å²) < 4.78 is 2.39. The highest BCUT2D eigenvalue weighted by Gasteiger charge is 2.19. The van der Waals surface area contributed by atoms with Crippen LogP contribution < -0.4 is 5.73 Å². The van der Waals surface area contributed by atoms with Crippen molar-refractivity contribution >= 4 is 27.5 Å². The summed E-state index contributed by atoms with van der Waals surface area (Å²) in [4.78, 5) is 0. The fourth-order valence-electron chi connectivity index (χ4n) is 3.90. The lowest BCUT2D eigenvalue weighted by Crippen LogP contribution is -2.11. The summed E-state index contributed by atoms with van der Waals surface area (Å²) in [6.07, 6.45) is 0. The number of rotatable bonds is 1. The van der Waals surface area contributed by atoms with Crippen molar-refractivity contribution in [3.63, 3.8) is 0 Å². The van der Waals surface area contributed by atoms with E-state index >= 15 is 0 Å². The molecule has 0 atom stereocenters. The zero-order valence-electron chi connectivity index (χ0n) is 16.2. The smallest absolute Gasteiger partial charge is 0.0561 e. The molecule has 0 amide bonds. The fraction of sp³-hybridized carbons (Fsp3) is 0.250. The number of para-hydroxylation sites is 1. The molecular weight excluding hydrogens is 316 g/mol. The minimum atomic E-state index is 0.106. The fourth-order valence-corrected chi connectivity index (χ4v) is 3.90. The van der Waals surface area contributed by atoms with Crippen molar-refractivity contribution in [2.75, 3.05) is 5.73 Å². The van der Waals surface area contributed by atoms with Crippen molar-refractivity contribution in [2.45, 2.75) is 40.0 Å². The Morgan fingerprint density at radius 3 is 1.96 bits per heavy atom. The number of aryl methyl sites for hydroxylation is 2. The lowest BCUT2D eigenvalue weighted by Gasteiger charge is -2.20. The lowest BCUT2D eigenvalue weighted by molar-refractivity contribution is 0.591. The molecule has 1 aromatic heterocycles. The van der Waals surface area contributed by atoms with E-state index in [1.54, 1.807) is 0 Å². The Labute approximate surface area is 155 Å². The molecule has 0 bridgehead atoms. The van der Waals surface area contributed by atoms with E-state index in [1.165, 1.54) is 44.2 Å². The Morgan fingerprint density at radius 2 is 1.35 bits per heavy atom. The summed E-state index contributed by atoms with van der Waals surface area (Å²) in [5, 5.41) is 2.52. The molecule has 132 valence electrons. The van der Waals surface area contributed by atoms with Gasteiger partial charge in [0.2, 0.25) is 0 Å². The van der Waals surface area contributed by atoms with Gasteiger partial charge in [0.25, 0.3) is 0 Å². The van der Waals surface area contributed by atoms with Crippen LogP contribution in [-0.4, -0.2) is 4.57 Å². The maximum absolute atomic E-state index is 6.15. The Hall–Kier alpha value is -2.74. The van der Waals surface area contributed by atoms with E-state index < -0.39 is 0 Å². The van der Waals surface area contributed by atoms with Crippen molar-refractivity contribution in [1.29, 1.82) is 0 Å². The first-order valence-electron chi connectivity index (χ1n) is 9.18. The van der Waals surface area contributed by atoms with Crippen LogP contribution in [0.3, 0.4) is 0 Å². The topological polar surface area (TPSA) is 30.9 Å². The number of anilines is 1. The van der Waals surface area contributed by atoms with E-state index in [4.69, 9.17) is 5.73 Å². The maximum Gasteiger partial charge on any atom is 0.0561 e. The molecule has 0 aliphatic heterocycles. The van der Waals surface area contributed by atoms with Crippen LogP contribution in [0.15, 0.2) is 54.6 Å². The summed E-state index contributed by atoms with van der Waals surface area (Å²) in [6, 6.07) is 19.6. The van der Waals surface area contributed by atoms with E-state index in [1.807, 2.05) is 6.07 Å². The van der Waals surface area contributed by atoms with Crippen molar-refractivity contribution < 1.29 is 0 Å². The maximum atomic E-state index is 6.15. The second-order valence-corrected chi connectivity index (χ2v) is 8.33. The minimum Gasteiger partial charge on any atom is -0.399 e. The quantitative estimate of drug-likeness (QED) is 0.405. The molecule has 26 heavy (non-hydrogen) atoms. The largest absolute Gasteiger partial charge is 0.399 e. The molecule has 0 saturated heterocycles. The predicted octanol–water partition coefficient (Wildman–Crippen LogP) is 6.28. The van der Waals surface area contributed by atoms with Crippen LogP contribution >= 0.6 is 0 Å². The van der Waals surface area contributed by atoms with Gasteiger partial charge in [-0.05, 0) is 54.2 Å². The highest BCUT2D eigenvalue weighted by Crippen LogP contribution is 2.37. The molecule has 4 aromatic rings. The van der Waals surface area contributed by atoms with Gasteiger partial charge in [-0.15, -0.1) is 0 Å². The highest BCUT2D eigenvalue weighted by atomic mass is 15.0. The van der Waals surface area contributed by atoms with Gasteiger partial charge in [-0.3, -0.25) is 0 Å². The van der Waals surface area contributed by atoms with E-state index in [0.717, 1.165) is 5.69 Å². The van der Waals surface area contributed by atoms with Crippen molar-refractivity contribution in [3.8, 4) is 5.69 Å². The van der Waals surface area contributed by atoms with Gasteiger partial charge >= 0.3 is 0 Å². The molecule has 0 unspecified atom stereocenters. The first-order chi connectivity index (χ1) is 12.3. The van der Waals surface area contributed by atoms with E-state index in [0.29, 0.717) is 0 Å². The Balaban J connectivity index is 2.22. The molecule has 1 heterocycles. The number of nitrogen functional groups attached to an aromatic ring is 1. The van der Waals surface area contributed by atoms with E-state index in [2.05, 4.69) is 87.7 Å². The third-order valence-electron chi connectivity index (χ3n) is 5.32. The Morgan fingerprint density at radius 1 is 0.769 bits per heavy atom. The lowest BCUT2D eigenvalue weighted by atomic mass is 9.86. The van der Waals surface area contributed by atoms with Crippen LogP contribution in [0, 0.1) is 13.8 Å².